The fraction of sp³-hybridized carbons (Fsp3) is 0.316. The van der Waals surface area contributed by atoms with Crippen LogP contribution in [0, 0.1) is 5.82 Å². The van der Waals surface area contributed by atoms with Crippen LogP contribution >= 0.6 is 0 Å². The summed E-state index contributed by atoms with van der Waals surface area (Å²) in [6.45, 7) is 0.611. The number of carbonyl (C=O) groups excluding carboxylic acids is 1. The highest BCUT2D eigenvalue weighted by Gasteiger charge is 2.32. The lowest BCUT2D eigenvalue weighted by atomic mass is 10.0. The molecule has 0 unspecified atom stereocenters. The van der Waals surface area contributed by atoms with Crippen molar-refractivity contribution in [2.45, 2.75) is 18.9 Å². The summed E-state index contributed by atoms with van der Waals surface area (Å²) in [5.74, 6) is 0.921. The molecule has 1 N–H and O–H groups in total. The van der Waals surface area contributed by atoms with Gasteiger partial charge >= 0.3 is 6.03 Å². The van der Waals surface area contributed by atoms with E-state index in [1.54, 1.807) is 43.4 Å². The van der Waals surface area contributed by atoms with Crippen LogP contribution in [0.3, 0.4) is 0 Å². The van der Waals surface area contributed by atoms with Crippen molar-refractivity contribution in [3.05, 3.63) is 53.8 Å². The van der Waals surface area contributed by atoms with Gasteiger partial charge in [-0.25, -0.2) is 9.18 Å². The molecule has 0 aromatic heterocycles. The average Bonchev–Trinajstić information content (AvgIpc) is 3.12. The monoisotopic (exact) mass is 344 g/mol. The predicted molar refractivity (Wildman–Crippen MR) is 93.6 cm³/mol. The first-order valence-electron chi connectivity index (χ1n) is 8.18. The molecule has 2 aromatic rings. The number of methoxy groups -OCH3 is 2. The van der Waals surface area contributed by atoms with E-state index in [1.165, 1.54) is 6.07 Å². The molecule has 2 aromatic carbocycles. The summed E-state index contributed by atoms with van der Waals surface area (Å²) >= 11 is 0. The van der Waals surface area contributed by atoms with Crippen LogP contribution < -0.4 is 14.8 Å². The molecule has 0 spiro atoms. The maximum Gasteiger partial charge on any atom is 0.322 e. The summed E-state index contributed by atoms with van der Waals surface area (Å²) in [7, 11) is 3.19. The lowest BCUT2D eigenvalue weighted by Crippen LogP contribution is -2.34. The van der Waals surface area contributed by atoms with Gasteiger partial charge in [0.15, 0.2) is 0 Å². The van der Waals surface area contributed by atoms with Gasteiger partial charge in [0, 0.05) is 18.2 Å². The first-order valence-corrected chi connectivity index (χ1v) is 8.18. The van der Waals surface area contributed by atoms with E-state index in [-0.39, 0.29) is 17.8 Å². The Bertz CT molecular complexity index is 766. The van der Waals surface area contributed by atoms with Crippen LogP contribution in [-0.2, 0) is 0 Å². The summed E-state index contributed by atoms with van der Waals surface area (Å²) in [6.07, 6.45) is 1.71. The maximum absolute atomic E-state index is 13.8. The molecule has 1 fully saturated rings. The zero-order chi connectivity index (χ0) is 17.8. The summed E-state index contributed by atoms with van der Waals surface area (Å²) in [5.41, 5.74) is 1.10. The van der Waals surface area contributed by atoms with Crippen molar-refractivity contribution < 1.29 is 18.7 Å². The molecule has 0 radical (unpaired) electrons. The first-order chi connectivity index (χ1) is 12.1. The van der Waals surface area contributed by atoms with Crippen molar-refractivity contribution in [3.8, 4) is 11.5 Å². The largest absolute Gasteiger partial charge is 0.497 e. The molecule has 1 aliphatic heterocycles. The van der Waals surface area contributed by atoms with Gasteiger partial charge < -0.3 is 19.7 Å². The lowest BCUT2D eigenvalue weighted by molar-refractivity contribution is 0.206. The van der Waals surface area contributed by atoms with Gasteiger partial charge in [0.2, 0.25) is 0 Å². The minimum Gasteiger partial charge on any atom is -0.497 e. The molecule has 25 heavy (non-hydrogen) atoms. The number of amides is 2. The molecule has 0 bridgehead atoms. The standard InChI is InChI=1S/C19H21FN2O3/c1-24-13-9-10-14(18(12-13)25-2)17-8-5-11-22(17)19(23)21-16-7-4-3-6-15(16)20/h3-4,6-7,9-10,12,17H,5,8,11H2,1-2H3,(H,21,23)/t17-/m1/s1. The third-order valence-corrected chi connectivity index (χ3v) is 4.43. The maximum atomic E-state index is 13.8. The second-order valence-electron chi connectivity index (χ2n) is 5.87. The molecular weight excluding hydrogens is 323 g/mol. The molecule has 5 nitrogen and oxygen atoms in total. The van der Waals surface area contributed by atoms with E-state index >= 15 is 0 Å². The fourth-order valence-corrected chi connectivity index (χ4v) is 3.18. The Balaban J connectivity index is 1.83. The van der Waals surface area contributed by atoms with E-state index < -0.39 is 5.82 Å². The first kappa shape index (κ1) is 17.1. The van der Waals surface area contributed by atoms with Crippen LogP contribution in [0.4, 0.5) is 14.9 Å². The van der Waals surface area contributed by atoms with Crippen molar-refractivity contribution in [1.82, 2.24) is 4.90 Å². The normalized spacial score (nSPS) is 16.6. The smallest absolute Gasteiger partial charge is 0.322 e. The van der Waals surface area contributed by atoms with Crippen molar-refractivity contribution in [3.63, 3.8) is 0 Å². The van der Waals surface area contributed by atoms with E-state index in [9.17, 15) is 9.18 Å². The number of nitrogens with one attached hydrogen (secondary N) is 1. The van der Waals surface area contributed by atoms with E-state index in [0.29, 0.717) is 18.0 Å². The van der Waals surface area contributed by atoms with Gasteiger partial charge in [0.25, 0.3) is 0 Å². The number of hydrogen-bond acceptors (Lipinski definition) is 3. The molecule has 132 valence electrons. The third kappa shape index (κ3) is 3.52. The molecule has 0 aliphatic carbocycles. The summed E-state index contributed by atoms with van der Waals surface area (Å²) in [5, 5.41) is 2.66. The van der Waals surface area contributed by atoms with Gasteiger partial charge in [-0.05, 0) is 37.1 Å². The summed E-state index contributed by atoms with van der Waals surface area (Å²) < 4.78 is 24.5. The Morgan fingerprint density at radius 1 is 1.20 bits per heavy atom. The van der Waals surface area contributed by atoms with Crippen LogP contribution in [0.25, 0.3) is 0 Å². The quantitative estimate of drug-likeness (QED) is 0.904. The number of para-hydroxylation sites is 1. The zero-order valence-electron chi connectivity index (χ0n) is 14.3. The molecule has 6 heteroatoms. The highest BCUT2D eigenvalue weighted by Crippen LogP contribution is 2.39. The van der Waals surface area contributed by atoms with Gasteiger partial charge in [0.1, 0.15) is 17.3 Å². The number of carbonyl (C=O) groups is 1. The topological polar surface area (TPSA) is 50.8 Å². The van der Waals surface area contributed by atoms with Crippen LogP contribution in [0.2, 0.25) is 0 Å². The number of nitrogens with zero attached hydrogens (tertiary/aromatic N) is 1. The molecule has 1 atom stereocenters. The third-order valence-electron chi connectivity index (χ3n) is 4.43. The number of benzene rings is 2. The highest BCUT2D eigenvalue weighted by atomic mass is 19.1. The zero-order valence-corrected chi connectivity index (χ0v) is 14.3. The molecule has 1 saturated heterocycles. The SMILES string of the molecule is COc1ccc([C@H]2CCCN2C(=O)Nc2ccccc2F)c(OC)c1. The Morgan fingerprint density at radius 3 is 2.72 bits per heavy atom. The average molecular weight is 344 g/mol. The fourth-order valence-electron chi connectivity index (χ4n) is 3.18. The second-order valence-corrected chi connectivity index (χ2v) is 5.87. The van der Waals surface area contributed by atoms with E-state index in [0.717, 1.165) is 18.4 Å². The van der Waals surface area contributed by atoms with Crippen LogP contribution in [0.5, 0.6) is 11.5 Å². The second kappa shape index (κ2) is 7.42. The summed E-state index contributed by atoms with van der Waals surface area (Å²) in [6, 6.07) is 11.3. The lowest BCUT2D eigenvalue weighted by Gasteiger charge is -2.26. The van der Waals surface area contributed by atoms with Gasteiger partial charge in [-0.2, -0.15) is 0 Å². The van der Waals surface area contributed by atoms with Gasteiger partial charge in [0.05, 0.1) is 25.9 Å². The van der Waals surface area contributed by atoms with Crippen molar-refractivity contribution >= 4 is 11.7 Å². The van der Waals surface area contributed by atoms with Gasteiger partial charge in [-0.3, -0.25) is 0 Å². The molecule has 2 amide bonds. The molecule has 3 rings (SSSR count). The minimum atomic E-state index is -0.450. The molecule has 1 heterocycles. The highest BCUT2D eigenvalue weighted by molar-refractivity contribution is 5.90. The van der Waals surface area contributed by atoms with Crippen molar-refractivity contribution in [1.29, 1.82) is 0 Å². The van der Waals surface area contributed by atoms with Gasteiger partial charge in [-0.15, -0.1) is 0 Å². The summed E-state index contributed by atoms with van der Waals surface area (Å²) in [4.78, 5) is 14.4. The number of rotatable bonds is 4. The molecular formula is C19H21FN2O3. The van der Waals surface area contributed by atoms with Crippen LogP contribution in [0.1, 0.15) is 24.4 Å². The molecule has 0 saturated carbocycles. The Morgan fingerprint density at radius 2 is 2.00 bits per heavy atom. The van der Waals surface area contributed by atoms with E-state index in [1.807, 2.05) is 12.1 Å². The number of anilines is 1. The number of likely N-dealkylation sites (tertiary alicyclic amines) is 1. The van der Waals surface area contributed by atoms with Crippen molar-refractivity contribution in [2.24, 2.45) is 0 Å². The van der Waals surface area contributed by atoms with Crippen molar-refractivity contribution in [2.75, 3.05) is 26.1 Å². The predicted octanol–water partition coefficient (Wildman–Crippen LogP) is 4.21. The van der Waals surface area contributed by atoms with E-state index in [4.69, 9.17) is 9.47 Å². The minimum absolute atomic E-state index is 0.118. The van der Waals surface area contributed by atoms with Crippen LogP contribution in [0.15, 0.2) is 42.5 Å². The Labute approximate surface area is 146 Å². The van der Waals surface area contributed by atoms with Crippen LogP contribution in [-0.4, -0.2) is 31.7 Å². The molecule has 1 aliphatic rings. The van der Waals surface area contributed by atoms with Gasteiger partial charge in [-0.1, -0.05) is 12.1 Å². The Hall–Kier alpha value is -2.76. The number of urea groups is 1. The Kier molecular flexibility index (Phi) is 5.07. The van der Waals surface area contributed by atoms with E-state index in [2.05, 4.69) is 5.32 Å². The number of halogens is 1. The number of ether oxygens (including phenoxy) is 2. The number of hydrogen-bond donors (Lipinski definition) is 1.